The largest absolute Gasteiger partial charge is 0.490 e. The Kier molecular flexibility index (Phi) is 8.32. The van der Waals surface area contributed by atoms with E-state index < -0.39 is 5.92 Å². The number of ether oxygens (including phenoxy) is 2. The second-order valence-corrected chi connectivity index (χ2v) is 10.8. The minimum atomic E-state index is -0.456. The minimum Gasteiger partial charge on any atom is -0.490 e. The van der Waals surface area contributed by atoms with Crippen LogP contribution in [0.3, 0.4) is 0 Å². The lowest BCUT2D eigenvalue weighted by Crippen LogP contribution is -2.50. The number of hydrogen-bond acceptors (Lipinski definition) is 5. The van der Waals surface area contributed by atoms with Gasteiger partial charge >= 0.3 is 0 Å². The number of carbonyl (C=O) groups is 2. The fourth-order valence-electron chi connectivity index (χ4n) is 5.87. The fourth-order valence-corrected chi connectivity index (χ4v) is 6.73. The van der Waals surface area contributed by atoms with Crippen molar-refractivity contribution in [2.75, 3.05) is 19.8 Å². The molecule has 2 aliphatic rings. The highest BCUT2D eigenvalue weighted by Crippen LogP contribution is 2.47. The van der Waals surface area contributed by atoms with Crippen LogP contribution in [0.5, 0.6) is 11.5 Å². The molecule has 0 radical (unpaired) electrons. The van der Waals surface area contributed by atoms with Crippen LogP contribution >= 0.6 is 11.3 Å². The summed E-state index contributed by atoms with van der Waals surface area (Å²) in [6, 6.07) is 17.5. The zero-order valence-corrected chi connectivity index (χ0v) is 23.0. The molecule has 2 unspecified atom stereocenters. The summed E-state index contributed by atoms with van der Waals surface area (Å²) in [4.78, 5) is 30.9. The summed E-state index contributed by atoms with van der Waals surface area (Å²) < 4.78 is 11.5. The Morgan fingerprint density at radius 3 is 2.50 bits per heavy atom. The molecule has 1 N–H and O–H groups in total. The van der Waals surface area contributed by atoms with E-state index in [1.807, 2.05) is 72.7 Å². The van der Waals surface area contributed by atoms with E-state index >= 15 is 0 Å². The lowest BCUT2D eigenvalue weighted by molar-refractivity contribution is -0.124. The summed E-state index contributed by atoms with van der Waals surface area (Å²) in [7, 11) is 0. The number of hydrogen-bond donors (Lipinski definition) is 1. The van der Waals surface area contributed by atoms with Gasteiger partial charge in [0, 0.05) is 23.0 Å². The summed E-state index contributed by atoms with van der Waals surface area (Å²) in [6.45, 7) is 5.53. The van der Waals surface area contributed by atoms with Crippen molar-refractivity contribution in [1.29, 1.82) is 0 Å². The topological polar surface area (TPSA) is 67.9 Å². The van der Waals surface area contributed by atoms with Crippen molar-refractivity contribution in [3.63, 3.8) is 0 Å². The van der Waals surface area contributed by atoms with E-state index in [-0.39, 0.29) is 23.9 Å². The second-order valence-electron chi connectivity index (χ2n) is 9.86. The summed E-state index contributed by atoms with van der Waals surface area (Å²) in [5.41, 5.74) is 2.54. The zero-order valence-electron chi connectivity index (χ0n) is 22.2. The van der Waals surface area contributed by atoms with Crippen molar-refractivity contribution in [3.8, 4) is 11.5 Å². The number of nitrogens with zero attached hydrogens (tertiary/aromatic N) is 1. The van der Waals surface area contributed by atoms with Gasteiger partial charge in [-0.2, -0.15) is 0 Å². The Bertz CT molecular complexity index is 1250. The van der Waals surface area contributed by atoms with Crippen molar-refractivity contribution in [2.24, 2.45) is 0 Å². The van der Waals surface area contributed by atoms with Crippen LogP contribution in [0.1, 0.15) is 77.9 Å². The number of thiophene rings is 1. The molecule has 2 aromatic carbocycles. The standard InChI is InChI=1S/C31H36N2O4S/c1-3-36-25-16-15-21(20-26(25)37-4-2)17-18-32-30(34)28-23-12-7-8-13-24(23)31(35)33(22-10-5-6-11-22)29(28)27-14-9-19-38-27/h7-9,12-16,19-20,22,28-29H,3-6,10-11,17-18H2,1-2H3,(H,32,34). The third-order valence-corrected chi connectivity index (χ3v) is 8.48. The molecular formula is C31H36N2O4S. The molecule has 2 atom stereocenters. The van der Waals surface area contributed by atoms with Gasteiger partial charge in [0.15, 0.2) is 11.5 Å². The molecule has 1 saturated carbocycles. The molecule has 200 valence electrons. The van der Waals surface area contributed by atoms with Gasteiger partial charge in [0.05, 0.1) is 25.2 Å². The van der Waals surface area contributed by atoms with E-state index in [9.17, 15) is 9.59 Å². The van der Waals surface area contributed by atoms with E-state index in [1.165, 1.54) is 0 Å². The van der Waals surface area contributed by atoms with E-state index in [1.54, 1.807) is 11.3 Å². The van der Waals surface area contributed by atoms with Crippen LogP contribution in [0.15, 0.2) is 60.0 Å². The average molecular weight is 533 g/mol. The Morgan fingerprint density at radius 2 is 1.76 bits per heavy atom. The molecule has 2 heterocycles. The first-order valence-electron chi connectivity index (χ1n) is 13.7. The van der Waals surface area contributed by atoms with Crippen LogP contribution in [0.2, 0.25) is 0 Å². The molecule has 1 fully saturated rings. The molecular weight excluding hydrogens is 496 g/mol. The molecule has 0 spiro atoms. The van der Waals surface area contributed by atoms with Crippen molar-refractivity contribution in [1.82, 2.24) is 10.2 Å². The Balaban J connectivity index is 1.40. The van der Waals surface area contributed by atoms with Gasteiger partial charge in [-0.15, -0.1) is 11.3 Å². The first-order valence-corrected chi connectivity index (χ1v) is 14.6. The van der Waals surface area contributed by atoms with Crippen molar-refractivity contribution < 1.29 is 19.1 Å². The molecule has 0 saturated heterocycles. The van der Waals surface area contributed by atoms with Crippen LogP contribution in [0.4, 0.5) is 0 Å². The van der Waals surface area contributed by atoms with E-state index in [4.69, 9.17) is 9.47 Å². The summed E-state index contributed by atoms with van der Waals surface area (Å²) in [6.07, 6.45) is 4.89. The average Bonchev–Trinajstić information content (AvgIpc) is 3.65. The Morgan fingerprint density at radius 1 is 1.00 bits per heavy atom. The predicted octanol–water partition coefficient (Wildman–Crippen LogP) is 6.13. The normalized spacial score (nSPS) is 19.3. The highest BCUT2D eigenvalue weighted by atomic mass is 32.1. The first kappa shape index (κ1) is 26.3. The summed E-state index contributed by atoms with van der Waals surface area (Å²) in [5.74, 6) is 1.01. The quantitative estimate of drug-likeness (QED) is 0.341. The maximum Gasteiger partial charge on any atom is 0.254 e. The fraction of sp³-hybridized carbons (Fsp3) is 0.419. The van der Waals surface area contributed by atoms with E-state index in [0.717, 1.165) is 53.2 Å². The van der Waals surface area contributed by atoms with Gasteiger partial charge in [0.25, 0.3) is 5.91 Å². The predicted molar refractivity (Wildman–Crippen MR) is 150 cm³/mol. The molecule has 38 heavy (non-hydrogen) atoms. The highest BCUT2D eigenvalue weighted by molar-refractivity contribution is 7.10. The van der Waals surface area contributed by atoms with Gasteiger partial charge in [-0.05, 0) is 73.9 Å². The number of benzene rings is 2. The van der Waals surface area contributed by atoms with Gasteiger partial charge in [0.1, 0.15) is 0 Å². The van der Waals surface area contributed by atoms with Crippen molar-refractivity contribution in [2.45, 2.75) is 64.0 Å². The SMILES string of the molecule is CCOc1ccc(CCNC(=O)C2c3ccccc3C(=O)N(C3CCCC3)C2c2cccs2)cc1OCC. The monoisotopic (exact) mass is 532 g/mol. The van der Waals surface area contributed by atoms with E-state index in [0.29, 0.717) is 31.7 Å². The molecule has 3 aromatic rings. The van der Waals surface area contributed by atoms with Crippen LogP contribution in [0.25, 0.3) is 0 Å². The number of fused-ring (bicyclic) bond motifs is 1. The van der Waals surface area contributed by atoms with Crippen molar-refractivity contribution in [3.05, 3.63) is 81.5 Å². The molecule has 1 aliphatic heterocycles. The molecule has 2 amide bonds. The molecule has 1 aliphatic carbocycles. The number of nitrogens with one attached hydrogen (secondary N) is 1. The lowest BCUT2D eigenvalue weighted by atomic mass is 9.80. The molecule has 5 rings (SSSR count). The maximum absolute atomic E-state index is 13.9. The minimum absolute atomic E-state index is 0.0395. The number of amides is 2. The van der Waals surface area contributed by atoms with Crippen molar-refractivity contribution >= 4 is 23.2 Å². The highest BCUT2D eigenvalue weighted by Gasteiger charge is 2.47. The smallest absolute Gasteiger partial charge is 0.254 e. The van der Waals surface area contributed by atoms with Crippen LogP contribution in [-0.4, -0.2) is 42.5 Å². The van der Waals surface area contributed by atoms with Gasteiger partial charge in [-0.25, -0.2) is 0 Å². The van der Waals surface area contributed by atoms with Gasteiger partial charge < -0.3 is 19.7 Å². The lowest BCUT2D eigenvalue weighted by Gasteiger charge is -2.44. The maximum atomic E-state index is 13.9. The zero-order chi connectivity index (χ0) is 26.5. The second kappa shape index (κ2) is 12.0. The third-order valence-electron chi connectivity index (χ3n) is 7.53. The summed E-state index contributed by atoms with van der Waals surface area (Å²) in [5, 5.41) is 5.24. The molecule has 6 nitrogen and oxygen atoms in total. The Hall–Kier alpha value is -3.32. The van der Waals surface area contributed by atoms with E-state index in [2.05, 4.69) is 11.4 Å². The molecule has 1 aromatic heterocycles. The van der Waals surface area contributed by atoms with Crippen LogP contribution < -0.4 is 14.8 Å². The van der Waals surface area contributed by atoms with Crippen LogP contribution in [0, 0.1) is 0 Å². The van der Waals surface area contributed by atoms with Gasteiger partial charge in [0.2, 0.25) is 5.91 Å². The molecule has 0 bridgehead atoms. The van der Waals surface area contributed by atoms with Gasteiger partial charge in [-0.3, -0.25) is 9.59 Å². The number of rotatable bonds is 10. The summed E-state index contributed by atoms with van der Waals surface area (Å²) >= 11 is 1.62. The third kappa shape index (κ3) is 5.30. The Labute approximate surface area is 229 Å². The number of carbonyl (C=O) groups excluding carboxylic acids is 2. The molecule has 7 heteroatoms. The van der Waals surface area contributed by atoms with Gasteiger partial charge in [-0.1, -0.05) is 43.2 Å². The van der Waals surface area contributed by atoms with Crippen LogP contribution in [-0.2, 0) is 11.2 Å². The first-order chi connectivity index (χ1) is 18.6.